The van der Waals surface area contributed by atoms with Crippen molar-refractivity contribution in [3.63, 3.8) is 0 Å². The first-order valence-electron chi connectivity index (χ1n) is 6.89. The molecule has 0 radical (unpaired) electrons. The Morgan fingerprint density at radius 3 is 2.70 bits per heavy atom. The van der Waals surface area contributed by atoms with Crippen LogP contribution in [0.4, 0.5) is 5.69 Å². The number of nitrogens with one attached hydrogen (secondary N) is 1. The smallest absolute Gasteiger partial charge is 0.239 e. The van der Waals surface area contributed by atoms with E-state index in [1.807, 2.05) is 31.2 Å². The normalized spacial score (nSPS) is 10.1. The van der Waals surface area contributed by atoms with Crippen LogP contribution in [0.15, 0.2) is 24.3 Å². The number of nitrogens with zero attached hydrogens (tertiary/aromatic N) is 1. The minimum absolute atomic E-state index is 0.00197. The third-order valence-corrected chi connectivity index (χ3v) is 3.04. The summed E-state index contributed by atoms with van der Waals surface area (Å²) >= 11 is 0. The summed E-state index contributed by atoms with van der Waals surface area (Å²) in [5, 5.41) is 2.54. The lowest BCUT2D eigenvalue weighted by Gasteiger charge is -2.21. The zero-order valence-corrected chi connectivity index (χ0v) is 12.2. The number of benzene rings is 1. The molecule has 0 spiro atoms. The van der Waals surface area contributed by atoms with Crippen molar-refractivity contribution in [3.05, 3.63) is 29.8 Å². The van der Waals surface area contributed by atoms with Gasteiger partial charge in [0.1, 0.15) is 0 Å². The van der Waals surface area contributed by atoms with Gasteiger partial charge in [-0.15, -0.1) is 0 Å². The lowest BCUT2D eigenvalue weighted by atomic mass is 10.1. The van der Waals surface area contributed by atoms with Gasteiger partial charge in [0.05, 0.1) is 6.54 Å². The summed E-state index contributed by atoms with van der Waals surface area (Å²) < 4.78 is 0. The van der Waals surface area contributed by atoms with Crippen molar-refractivity contribution in [1.82, 2.24) is 10.2 Å². The average molecular weight is 277 g/mol. The van der Waals surface area contributed by atoms with Crippen LogP contribution in [-0.2, 0) is 16.0 Å². The number of carbonyl (C=O) groups is 2. The summed E-state index contributed by atoms with van der Waals surface area (Å²) in [5.74, 6) is -0.145. The van der Waals surface area contributed by atoms with Crippen LogP contribution < -0.4 is 11.1 Å². The van der Waals surface area contributed by atoms with E-state index in [2.05, 4.69) is 5.32 Å². The van der Waals surface area contributed by atoms with Gasteiger partial charge >= 0.3 is 0 Å². The van der Waals surface area contributed by atoms with E-state index in [9.17, 15) is 9.59 Å². The Hall–Kier alpha value is -2.04. The minimum atomic E-state index is -0.143. The molecule has 0 saturated heterocycles. The van der Waals surface area contributed by atoms with Crippen LogP contribution in [0.5, 0.6) is 0 Å². The second-order valence-electron chi connectivity index (χ2n) is 4.73. The van der Waals surface area contributed by atoms with Crippen molar-refractivity contribution in [2.24, 2.45) is 0 Å². The molecule has 0 aliphatic heterocycles. The van der Waals surface area contributed by atoms with Crippen LogP contribution in [0.3, 0.4) is 0 Å². The maximum Gasteiger partial charge on any atom is 0.239 e. The summed E-state index contributed by atoms with van der Waals surface area (Å²) in [6.07, 6.45) is 1.86. The van der Waals surface area contributed by atoms with Gasteiger partial charge in [-0.25, -0.2) is 0 Å². The van der Waals surface area contributed by atoms with E-state index >= 15 is 0 Å². The molecule has 0 aliphatic rings. The predicted molar refractivity (Wildman–Crippen MR) is 80.1 cm³/mol. The van der Waals surface area contributed by atoms with E-state index in [0.717, 1.165) is 12.0 Å². The highest BCUT2D eigenvalue weighted by molar-refractivity contribution is 5.84. The number of nitrogens with two attached hydrogens (primary N) is 1. The zero-order valence-electron chi connectivity index (χ0n) is 12.2. The van der Waals surface area contributed by atoms with Gasteiger partial charge in [-0.3, -0.25) is 9.59 Å². The van der Waals surface area contributed by atoms with Crippen molar-refractivity contribution in [1.29, 1.82) is 0 Å². The molecule has 110 valence electrons. The molecule has 20 heavy (non-hydrogen) atoms. The first-order chi connectivity index (χ1) is 9.56. The van der Waals surface area contributed by atoms with Crippen molar-refractivity contribution in [3.8, 4) is 0 Å². The minimum Gasteiger partial charge on any atom is -0.399 e. The Bertz CT molecular complexity index is 460. The lowest BCUT2D eigenvalue weighted by Crippen LogP contribution is -2.40. The fraction of sp³-hybridized carbons (Fsp3) is 0.467. The van der Waals surface area contributed by atoms with Crippen molar-refractivity contribution in [2.45, 2.75) is 26.2 Å². The van der Waals surface area contributed by atoms with Crippen molar-refractivity contribution in [2.75, 3.05) is 25.9 Å². The summed E-state index contributed by atoms with van der Waals surface area (Å²) in [5.41, 5.74) is 7.44. The van der Waals surface area contributed by atoms with Gasteiger partial charge in [0.2, 0.25) is 11.8 Å². The number of nitrogen functional groups attached to an aromatic ring is 1. The number of rotatable bonds is 7. The van der Waals surface area contributed by atoms with Crippen molar-refractivity contribution < 1.29 is 9.59 Å². The topological polar surface area (TPSA) is 75.4 Å². The van der Waals surface area contributed by atoms with Gasteiger partial charge < -0.3 is 16.0 Å². The Morgan fingerprint density at radius 1 is 1.35 bits per heavy atom. The molecule has 5 nitrogen and oxygen atoms in total. The van der Waals surface area contributed by atoms with Crippen LogP contribution >= 0.6 is 0 Å². The Morgan fingerprint density at radius 2 is 2.10 bits per heavy atom. The number of anilines is 1. The highest BCUT2D eigenvalue weighted by Gasteiger charge is 2.15. The number of aryl methyl sites for hydroxylation is 1. The largest absolute Gasteiger partial charge is 0.399 e. The molecule has 2 amide bonds. The molecule has 0 fully saturated rings. The van der Waals surface area contributed by atoms with Crippen LogP contribution in [0.25, 0.3) is 0 Å². The zero-order chi connectivity index (χ0) is 15.0. The van der Waals surface area contributed by atoms with E-state index in [0.29, 0.717) is 25.1 Å². The predicted octanol–water partition coefficient (Wildman–Crippen LogP) is 1.19. The van der Waals surface area contributed by atoms with Gasteiger partial charge in [0, 0.05) is 25.7 Å². The Labute approximate surface area is 120 Å². The number of amides is 2. The Balaban J connectivity index is 2.55. The third-order valence-electron chi connectivity index (χ3n) is 3.04. The molecular weight excluding hydrogens is 254 g/mol. The molecule has 0 atom stereocenters. The average Bonchev–Trinajstić information content (AvgIpc) is 2.44. The molecular formula is C15H23N3O2. The highest BCUT2D eigenvalue weighted by Crippen LogP contribution is 2.10. The molecule has 0 heterocycles. The summed E-state index contributed by atoms with van der Waals surface area (Å²) in [6, 6.07) is 7.52. The fourth-order valence-corrected chi connectivity index (χ4v) is 1.97. The van der Waals surface area contributed by atoms with Crippen LogP contribution in [0.1, 0.15) is 25.3 Å². The second kappa shape index (κ2) is 8.19. The quantitative estimate of drug-likeness (QED) is 0.735. The molecule has 0 bridgehead atoms. The first kappa shape index (κ1) is 16.0. The molecule has 1 aromatic rings. The standard InChI is InChI=1S/C15H23N3O2/c1-3-9-18(11-14(19)17-2)15(20)8-7-12-5-4-6-13(16)10-12/h4-6,10H,3,7-9,11,16H2,1-2H3,(H,17,19). The van der Waals surface area contributed by atoms with Crippen LogP contribution in [0.2, 0.25) is 0 Å². The summed E-state index contributed by atoms with van der Waals surface area (Å²) in [4.78, 5) is 25.2. The molecule has 3 N–H and O–H groups in total. The number of carbonyl (C=O) groups excluding carboxylic acids is 2. The van der Waals surface area contributed by atoms with Crippen molar-refractivity contribution >= 4 is 17.5 Å². The molecule has 0 unspecified atom stereocenters. The summed E-state index contributed by atoms with van der Waals surface area (Å²) in [6.45, 7) is 2.71. The van der Waals surface area contributed by atoms with E-state index in [1.54, 1.807) is 11.9 Å². The van der Waals surface area contributed by atoms with Gasteiger partial charge in [-0.2, -0.15) is 0 Å². The molecule has 0 saturated carbocycles. The third kappa shape index (κ3) is 5.30. The number of likely N-dealkylation sites (N-methyl/N-ethyl adjacent to an activating group) is 1. The number of hydrogen-bond donors (Lipinski definition) is 2. The SMILES string of the molecule is CCCN(CC(=O)NC)C(=O)CCc1cccc(N)c1. The molecule has 0 aromatic heterocycles. The molecule has 1 aromatic carbocycles. The van der Waals surface area contributed by atoms with E-state index in [4.69, 9.17) is 5.73 Å². The molecule has 0 aliphatic carbocycles. The van der Waals surface area contributed by atoms with E-state index < -0.39 is 0 Å². The maximum absolute atomic E-state index is 12.2. The van der Waals surface area contributed by atoms with E-state index in [-0.39, 0.29) is 18.4 Å². The first-order valence-corrected chi connectivity index (χ1v) is 6.89. The van der Waals surface area contributed by atoms with Gasteiger partial charge in [0.15, 0.2) is 0 Å². The van der Waals surface area contributed by atoms with Crippen LogP contribution in [0, 0.1) is 0 Å². The highest BCUT2D eigenvalue weighted by atomic mass is 16.2. The molecule has 1 rings (SSSR count). The van der Waals surface area contributed by atoms with Gasteiger partial charge in [-0.1, -0.05) is 19.1 Å². The van der Waals surface area contributed by atoms with Gasteiger partial charge in [-0.05, 0) is 30.5 Å². The second-order valence-corrected chi connectivity index (χ2v) is 4.73. The fourth-order valence-electron chi connectivity index (χ4n) is 1.97. The molecule has 5 heteroatoms. The lowest BCUT2D eigenvalue weighted by molar-refractivity contribution is -0.135. The van der Waals surface area contributed by atoms with E-state index in [1.165, 1.54) is 0 Å². The Kier molecular flexibility index (Phi) is 6.56. The number of hydrogen-bond acceptors (Lipinski definition) is 3. The van der Waals surface area contributed by atoms with Gasteiger partial charge in [0.25, 0.3) is 0 Å². The summed E-state index contributed by atoms with van der Waals surface area (Å²) in [7, 11) is 1.57. The monoisotopic (exact) mass is 277 g/mol. The maximum atomic E-state index is 12.2. The van der Waals surface area contributed by atoms with Crippen LogP contribution in [-0.4, -0.2) is 36.9 Å².